The molecule has 0 radical (unpaired) electrons. The number of nitrogens with zero attached hydrogens (tertiary/aromatic N) is 1. The van der Waals surface area contributed by atoms with E-state index in [1.165, 1.54) is 17.8 Å². The highest BCUT2D eigenvalue weighted by Gasteiger charge is 2.42. The van der Waals surface area contributed by atoms with Crippen LogP contribution in [0.15, 0.2) is 60.7 Å². The van der Waals surface area contributed by atoms with Crippen molar-refractivity contribution in [3.63, 3.8) is 0 Å². The molecule has 0 saturated carbocycles. The normalized spacial score (nSPS) is 19.4. The summed E-state index contributed by atoms with van der Waals surface area (Å²) in [6.45, 7) is 2.03. The van der Waals surface area contributed by atoms with E-state index in [1.54, 1.807) is 24.0 Å². The van der Waals surface area contributed by atoms with Crippen LogP contribution in [0.25, 0.3) is 6.08 Å². The molecule has 0 bridgehead atoms. The third-order valence-corrected chi connectivity index (χ3v) is 5.85. The Morgan fingerprint density at radius 1 is 1.19 bits per heavy atom. The van der Waals surface area contributed by atoms with Crippen LogP contribution in [-0.2, 0) is 14.3 Å². The van der Waals surface area contributed by atoms with E-state index in [4.69, 9.17) is 16.3 Å². The first-order valence-corrected chi connectivity index (χ1v) is 10.1. The highest BCUT2D eigenvalue weighted by Crippen LogP contribution is 2.44. The fourth-order valence-corrected chi connectivity index (χ4v) is 4.69. The van der Waals surface area contributed by atoms with Gasteiger partial charge in [-0.3, -0.25) is 4.79 Å². The molecule has 2 unspecified atom stereocenters. The van der Waals surface area contributed by atoms with Crippen LogP contribution >= 0.6 is 23.4 Å². The van der Waals surface area contributed by atoms with Crippen molar-refractivity contribution in [3.8, 4) is 0 Å². The maximum Gasteiger partial charge on any atom is 0.329 e. The van der Waals surface area contributed by atoms with E-state index in [2.05, 4.69) is 0 Å². The molecule has 2 atom stereocenters. The van der Waals surface area contributed by atoms with Gasteiger partial charge < -0.3 is 9.64 Å². The first-order valence-electron chi connectivity index (χ1n) is 8.70. The lowest BCUT2D eigenvalue weighted by Gasteiger charge is -2.28. The van der Waals surface area contributed by atoms with E-state index in [0.29, 0.717) is 10.8 Å². The van der Waals surface area contributed by atoms with Crippen LogP contribution in [0, 0.1) is 0 Å². The van der Waals surface area contributed by atoms with Gasteiger partial charge in [0, 0.05) is 22.4 Å². The van der Waals surface area contributed by atoms with E-state index in [9.17, 15) is 9.59 Å². The molecule has 1 aliphatic rings. The summed E-state index contributed by atoms with van der Waals surface area (Å²) >= 11 is 7.87. The number of hydrogen-bond acceptors (Lipinski definition) is 4. The summed E-state index contributed by atoms with van der Waals surface area (Å²) in [7, 11) is 0. The van der Waals surface area contributed by atoms with Gasteiger partial charge in [-0.25, -0.2) is 4.79 Å². The van der Waals surface area contributed by atoms with E-state index in [0.717, 1.165) is 11.1 Å². The smallest absolute Gasteiger partial charge is 0.329 e. The summed E-state index contributed by atoms with van der Waals surface area (Å²) < 4.78 is 5.18. The molecule has 3 rings (SSSR count). The maximum atomic E-state index is 13.0. The van der Waals surface area contributed by atoms with Crippen LogP contribution in [0.2, 0.25) is 5.02 Å². The van der Waals surface area contributed by atoms with E-state index >= 15 is 0 Å². The molecule has 0 N–H and O–H groups in total. The zero-order chi connectivity index (χ0) is 19.2. The average molecular weight is 402 g/mol. The van der Waals surface area contributed by atoms with Crippen molar-refractivity contribution in [2.75, 3.05) is 12.4 Å². The number of carbonyl (C=O) groups excluding carboxylic acids is 2. The maximum absolute atomic E-state index is 13.0. The molecule has 0 aromatic heterocycles. The Labute approximate surface area is 168 Å². The predicted molar refractivity (Wildman–Crippen MR) is 109 cm³/mol. The lowest BCUT2D eigenvalue weighted by Crippen LogP contribution is -2.43. The minimum absolute atomic E-state index is 0.244. The summed E-state index contributed by atoms with van der Waals surface area (Å²) in [6.07, 6.45) is 3.24. The van der Waals surface area contributed by atoms with Crippen molar-refractivity contribution in [3.05, 3.63) is 76.8 Å². The quantitative estimate of drug-likeness (QED) is 0.544. The van der Waals surface area contributed by atoms with Gasteiger partial charge in [0.25, 0.3) is 0 Å². The summed E-state index contributed by atoms with van der Waals surface area (Å²) in [5, 5.41) is 0.241. The number of ether oxygens (including phenoxy) is 1. The topological polar surface area (TPSA) is 46.6 Å². The monoisotopic (exact) mass is 401 g/mol. The van der Waals surface area contributed by atoms with E-state index in [1.807, 2.05) is 48.5 Å². The van der Waals surface area contributed by atoms with Crippen molar-refractivity contribution in [1.29, 1.82) is 0 Å². The van der Waals surface area contributed by atoms with E-state index < -0.39 is 6.04 Å². The van der Waals surface area contributed by atoms with Crippen molar-refractivity contribution in [2.24, 2.45) is 0 Å². The second-order valence-corrected chi connectivity index (χ2v) is 7.48. The Kier molecular flexibility index (Phi) is 6.58. The van der Waals surface area contributed by atoms with Gasteiger partial charge in [-0.05, 0) is 24.6 Å². The molecule has 1 fully saturated rings. The second-order valence-electron chi connectivity index (χ2n) is 5.96. The molecule has 0 spiro atoms. The van der Waals surface area contributed by atoms with Crippen molar-refractivity contribution in [1.82, 2.24) is 4.90 Å². The Morgan fingerprint density at radius 2 is 1.89 bits per heavy atom. The minimum atomic E-state index is -0.635. The number of thioether (sulfide) groups is 1. The summed E-state index contributed by atoms with van der Waals surface area (Å²) in [6, 6.07) is 16.3. The van der Waals surface area contributed by atoms with Gasteiger partial charge in [-0.1, -0.05) is 60.1 Å². The molecule has 140 valence electrons. The summed E-state index contributed by atoms with van der Waals surface area (Å²) in [5.41, 5.74) is 1.73. The van der Waals surface area contributed by atoms with Crippen LogP contribution in [0.1, 0.15) is 23.4 Å². The number of amides is 1. The molecule has 1 aliphatic heterocycles. The van der Waals surface area contributed by atoms with Crippen LogP contribution in [0.3, 0.4) is 0 Å². The van der Waals surface area contributed by atoms with Crippen molar-refractivity contribution >= 4 is 41.3 Å². The van der Waals surface area contributed by atoms with Gasteiger partial charge in [-0.15, -0.1) is 11.8 Å². The molecule has 2 aromatic carbocycles. The third kappa shape index (κ3) is 4.54. The number of halogens is 1. The average Bonchev–Trinajstić information content (AvgIpc) is 3.12. The molecule has 4 nitrogen and oxygen atoms in total. The molecule has 1 saturated heterocycles. The van der Waals surface area contributed by atoms with E-state index in [-0.39, 0.29) is 23.9 Å². The summed E-state index contributed by atoms with van der Waals surface area (Å²) in [4.78, 5) is 27.0. The van der Waals surface area contributed by atoms with Crippen LogP contribution in [0.4, 0.5) is 0 Å². The summed E-state index contributed by atoms with van der Waals surface area (Å²) in [5.74, 6) is -0.160. The Balaban J connectivity index is 1.90. The highest BCUT2D eigenvalue weighted by atomic mass is 35.5. The number of esters is 1. The zero-order valence-electron chi connectivity index (χ0n) is 14.9. The molecule has 6 heteroatoms. The van der Waals surface area contributed by atoms with Crippen LogP contribution < -0.4 is 0 Å². The van der Waals surface area contributed by atoms with Crippen molar-refractivity contribution in [2.45, 2.75) is 18.3 Å². The fourth-order valence-electron chi connectivity index (χ4n) is 2.93. The molecule has 1 heterocycles. The lowest BCUT2D eigenvalue weighted by molar-refractivity contribution is -0.152. The predicted octanol–water partition coefficient (Wildman–Crippen LogP) is 4.56. The SMILES string of the molecule is CCOC(=O)C1CSC(c2ccccc2Cl)N1C(=O)/C=C/c1ccccc1. The van der Waals surface area contributed by atoms with Crippen molar-refractivity contribution < 1.29 is 14.3 Å². The lowest BCUT2D eigenvalue weighted by atomic mass is 10.1. The highest BCUT2D eigenvalue weighted by molar-refractivity contribution is 7.99. The molecule has 27 heavy (non-hydrogen) atoms. The number of carbonyl (C=O) groups is 2. The van der Waals surface area contributed by atoms with Crippen LogP contribution in [0.5, 0.6) is 0 Å². The molecule has 2 aromatic rings. The Hall–Kier alpha value is -2.24. The van der Waals surface area contributed by atoms with Gasteiger partial charge >= 0.3 is 5.97 Å². The van der Waals surface area contributed by atoms with Crippen LogP contribution in [-0.4, -0.2) is 35.2 Å². The Morgan fingerprint density at radius 3 is 2.59 bits per heavy atom. The van der Waals surface area contributed by atoms with Gasteiger partial charge in [0.1, 0.15) is 11.4 Å². The molecular weight excluding hydrogens is 382 g/mol. The fraction of sp³-hybridized carbons (Fsp3) is 0.238. The Bertz CT molecular complexity index is 840. The standard InChI is InChI=1S/C21H20ClNO3S/c1-2-26-21(25)18-14-27-20(16-10-6-7-11-17(16)22)23(18)19(24)13-12-15-8-4-3-5-9-15/h3-13,18,20H,2,14H2,1H3/b13-12+. The number of benzene rings is 2. The second kappa shape index (κ2) is 9.11. The van der Waals surface area contributed by atoms with Gasteiger partial charge in [0.2, 0.25) is 5.91 Å². The number of hydrogen-bond donors (Lipinski definition) is 0. The van der Waals surface area contributed by atoms with Gasteiger partial charge in [0.05, 0.1) is 6.61 Å². The number of rotatable bonds is 5. The van der Waals surface area contributed by atoms with Gasteiger partial charge in [-0.2, -0.15) is 0 Å². The molecule has 1 amide bonds. The third-order valence-electron chi connectivity index (χ3n) is 4.20. The zero-order valence-corrected chi connectivity index (χ0v) is 16.5. The first kappa shape index (κ1) is 19.5. The largest absolute Gasteiger partial charge is 0.464 e. The molecule has 0 aliphatic carbocycles. The van der Waals surface area contributed by atoms with Gasteiger partial charge in [0.15, 0.2) is 0 Å². The first-order chi connectivity index (χ1) is 13.1. The molecular formula is C21H20ClNO3S. The minimum Gasteiger partial charge on any atom is -0.464 e.